The van der Waals surface area contributed by atoms with Gasteiger partial charge in [0.1, 0.15) is 0 Å². The summed E-state index contributed by atoms with van der Waals surface area (Å²) in [6.45, 7) is 0. The SMILES string of the molecule is c1ccc(N(c2ccc3c(ccc4ccccc43)c2)c2ccc3sc4cccc(-c5ccc6c(ccc7ccccc76)c5)c4c3c2)cc1. The van der Waals surface area contributed by atoms with Crippen LogP contribution in [-0.4, -0.2) is 0 Å². The average Bonchev–Trinajstić information content (AvgIpc) is 3.53. The predicted molar refractivity (Wildman–Crippen MR) is 209 cm³/mol. The van der Waals surface area contributed by atoms with Crippen LogP contribution in [0.2, 0.25) is 0 Å². The van der Waals surface area contributed by atoms with Crippen molar-refractivity contribution in [3.05, 3.63) is 176 Å². The lowest BCUT2D eigenvalue weighted by Crippen LogP contribution is -2.09. The molecule has 0 unspecified atom stereocenters. The van der Waals surface area contributed by atoms with Crippen molar-refractivity contribution in [1.29, 1.82) is 0 Å². The van der Waals surface area contributed by atoms with E-state index >= 15 is 0 Å². The van der Waals surface area contributed by atoms with Gasteiger partial charge in [0.05, 0.1) is 0 Å². The summed E-state index contributed by atoms with van der Waals surface area (Å²) in [6.07, 6.45) is 0. The standard InChI is InChI=1S/C46H29NS/c1-2-11-35(12-3-1)47(36-22-25-41-34(28-36)20-18-31-10-5-7-14-39(31)41)37-23-26-44-43(29-37)46-42(15-8-16-45(46)48-44)33-21-24-40-32(27-33)19-17-30-9-4-6-13-38(30)40/h1-29H. The largest absolute Gasteiger partial charge is 0.310 e. The zero-order chi connectivity index (χ0) is 31.6. The molecule has 0 radical (unpaired) electrons. The number of anilines is 3. The zero-order valence-corrected chi connectivity index (χ0v) is 26.9. The highest BCUT2D eigenvalue weighted by Gasteiger charge is 2.17. The second-order valence-corrected chi connectivity index (χ2v) is 13.6. The van der Waals surface area contributed by atoms with Crippen LogP contribution in [0.5, 0.6) is 0 Å². The Morgan fingerprint density at radius 1 is 0.333 bits per heavy atom. The van der Waals surface area contributed by atoms with Gasteiger partial charge in [-0.1, -0.05) is 121 Å². The van der Waals surface area contributed by atoms with Crippen molar-refractivity contribution in [3.8, 4) is 11.1 Å². The lowest BCUT2D eigenvalue weighted by molar-refractivity contribution is 1.30. The summed E-state index contributed by atoms with van der Waals surface area (Å²) in [6, 6.07) is 64.5. The summed E-state index contributed by atoms with van der Waals surface area (Å²) < 4.78 is 2.60. The van der Waals surface area contributed by atoms with E-state index in [0.29, 0.717) is 0 Å². The molecule has 0 amide bonds. The molecule has 10 rings (SSSR count). The van der Waals surface area contributed by atoms with Crippen LogP contribution in [0.25, 0.3) is 74.4 Å². The maximum Gasteiger partial charge on any atom is 0.0468 e. The third-order valence-electron chi connectivity index (χ3n) is 9.79. The molecule has 0 fully saturated rings. The lowest BCUT2D eigenvalue weighted by atomic mass is 9.95. The first kappa shape index (κ1) is 27.2. The minimum atomic E-state index is 1.14. The van der Waals surface area contributed by atoms with E-state index in [1.165, 1.54) is 74.4 Å². The Kier molecular flexibility index (Phi) is 6.12. The molecule has 0 atom stereocenters. The van der Waals surface area contributed by atoms with Gasteiger partial charge in [0.25, 0.3) is 0 Å². The van der Waals surface area contributed by atoms with E-state index < -0.39 is 0 Å². The average molecular weight is 628 g/mol. The van der Waals surface area contributed by atoms with Gasteiger partial charge in [0, 0.05) is 37.2 Å². The first-order valence-corrected chi connectivity index (χ1v) is 17.2. The number of nitrogens with zero attached hydrogens (tertiary/aromatic N) is 1. The van der Waals surface area contributed by atoms with Crippen molar-refractivity contribution in [2.75, 3.05) is 4.90 Å². The van der Waals surface area contributed by atoms with E-state index in [1.54, 1.807) is 0 Å². The molecule has 0 bridgehead atoms. The molecule has 48 heavy (non-hydrogen) atoms. The Balaban J connectivity index is 1.16. The Hall–Kier alpha value is -5.96. The highest BCUT2D eigenvalue weighted by molar-refractivity contribution is 7.26. The highest BCUT2D eigenvalue weighted by atomic mass is 32.1. The molecule has 0 saturated heterocycles. The molecule has 1 nitrogen and oxygen atoms in total. The molecular formula is C46H29NS. The van der Waals surface area contributed by atoms with Crippen molar-refractivity contribution in [2.24, 2.45) is 0 Å². The predicted octanol–water partition coefficient (Wildman–Crippen LogP) is 13.8. The molecule has 0 aliphatic heterocycles. The number of rotatable bonds is 4. The van der Waals surface area contributed by atoms with Crippen LogP contribution in [0, 0.1) is 0 Å². The van der Waals surface area contributed by atoms with Crippen LogP contribution >= 0.6 is 11.3 Å². The Morgan fingerprint density at radius 3 is 1.71 bits per heavy atom. The highest BCUT2D eigenvalue weighted by Crippen LogP contribution is 2.44. The van der Waals surface area contributed by atoms with Crippen molar-refractivity contribution < 1.29 is 0 Å². The fourth-order valence-corrected chi connectivity index (χ4v) is 8.65. The smallest absolute Gasteiger partial charge is 0.0468 e. The topological polar surface area (TPSA) is 3.24 Å². The van der Waals surface area contributed by atoms with E-state index in [0.717, 1.165) is 17.1 Å². The van der Waals surface area contributed by atoms with Crippen molar-refractivity contribution >= 4 is 91.7 Å². The van der Waals surface area contributed by atoms with Gasteiger partial charge >= 0.3 is 0 Å². The maximum absolute atomic E-state index is 2.39. The monoisotopic (exact) mass is 627 g/mol. The first-order valence-electron chi connectivity index (χ1n) is 16.4. The van der Waals surface area contributed by atoms with Crippen LogP contribution in [0.1, 0.15) is 0 Å². The van der Waals surface area contributed by atoms with Gasteiger partial charge in [-0.15, -0.1) is 11.3 Å². The minimum absolute atomic E-state index is 1.14. The summed E-state index contributed by atoms with van der Waals surface area (Å²) >= 11 is 1.87. The van der Waals surface area contributed by atoms with Crippen LogP contribution in [0.15, 0.2) is 176 Å². The van der Waals surface area contributed by atoms with E-state index in [9.17, 15) is 0 Å². The molecule has 1 aromatic heterocycles. The summed E-state index contributed by atoms with van der Waals surface area (Å²) in [4.78, 5) is 2.39. The number of thiophene rings is 1. The fourth-order valence-electron chi connectivity index (χ4n) is 7.54. The zero-order valence-electron chi connectivity index (χ0n) is 26.1. The van der Waals surface area contributed by atoms with Gasteiger partial charge in [0.15, 0.2) is 0 Å². The van der Waals surface area contributed by atoms with Crippen LogP contribution in [0.3, 0.4) is 0 Å². The van der Waals surface area contributed by atoms with Crippen molar-refractivity contribution in [3.63, 3.8) is 0 Å². The molecular weight excluding hydrogens is 599 g/mol. The molecule has 0 aliphatic rings. The fraction of sp³-hybridized carbons (Fsp3) is 0. The Morgan fingerprint density at radius 2 is 0.938 bits per heavy atom. The molecule has 0 spiro atoms. The van der Waals surface area contributed by atoms with Gasteiger partial charge in [-0.3, -0.25) is 0 Å². The molecule has 0 N–H and O–H groups in total. The Labute approximate surface area is 282 Å². The van der Waals surface area contributed by atoms with Gasteiger partial charge in [-0.05, 0) is 109 Å². The third-order valence-corrected chi connectivity index (χ3v) is 10.9. The minimum Gasteiger partial charge on any atom is -0.310 e. The number of hydrogen-bond acceptors (Lipinski definition) is 2. The molecule has 9 aromatic carbocycles. The molecule has 0 aliphatic carbocycles. The van der Waals surface area contributed by atoms with E-state index in [2.05, 4.69) is 181 Å². The van der Waals surface area contributed by atoms with E-state index in [-0.39, 0.29) is 0 Å². The summed E-state index contributed by atoms with van der Waals surface area (Å²) in [7, 11) is 0. The maximum atomic E-state index is 2.39. The van der Waals surface area contributed by atoms with Gasteiger partial charge in [-0.2, -0.15) is 0 Å². The molecule has 10 aromatic rings. The van der Waals surface area contributed by atoms with Crippen LogP contribution in [0.4, 0.5) is 17.1 Å². The molecule has 224 valence electrons. The normalized spacial score (nSPS) is 11.8. The summed E-state index contributed by atoms with van der Waals surface area (Å²) in [5, 5.41) is 12.8. The molecule has 2 heteroatoms. The van der Waals surface area contributed by atoms with Crippen LogP contribution in [-0.2, 0) is 0 Å². The van der Waals surface area contributed by atoms with Crippen molar-refractivity contribution in [2.45, 2.75) is 0 Å². The summed E-state index contributed by atoms with van der Waals surface area (Å²) in [5.41, 5.74) is 5.95. The Bertz CT molecular complexity index is 2850. The van der Waals surface area contributed by atoms with Gasteiger partial charge in [0.2, 0.25) is 0 Å². The third kappa shape index (κ3) is 4.31. The molecule has 1 heterocycles. The van der Waals surface area contributed by atoms with Crippen molar-refractivity contribution in [1.82, 2.24) is 0 Å². The summed E-state index contributed by atoms with van der Waals surface area (Å²) in [5.74, 6) is 0. The van der Waals surface area contributed by atoms with E-state index in [1.807, 2.05) is 11.3 Å². The number of benzene rings is 9. The second-order valence-electron chi connectivity index (χ2n) is 12.5. The van der Waals surface area contributed by atoms with E-state index in [4.69, 9.17) is 0 Å². The molecule has 0 saturated carbocycles. The van der Waals surface area contributed by atoms with Gasteiger partial charge < -0.3 is 4.90 Å². The van der Waals surface area contributed by atoms with Crippen LogP contribution < -0.4 is 4.90 Å². The number of para-hydroxylation sites is 1. The number of fused-ring (bicyclic) bond motifs is 9. The van der Waals surface area contributed by atoms with Gasteiger partial charge in [-0.25, -0.2) is 0 Å². The number of hydrogen-bond donors (Lipinski definition) is 0. The first-order chi connectivity index (χ1) is 23.8. The quantitative estimate of drug-likeness (QED) is 0.176. The lowest BCUT2D eigenvalue weighted by Gasteiger charge is -2.26. The second kappa shape index (κ2) is 10.8.